The van der Waals surface area contributed by atoms with Crippen LogP contribution in [0.2, 0.25) is 0 Å². The number of hydrogen-bond donors (Lipinski definition) is 2. The molecule has 26 heavy (non-hydrogen) atoms. The second kappa shape index (κ2) is 10.6. The summed E-state index contributed by atoms with van der Waals surface area (Å²) in [6.45, 7) is 4.90. The number of guanidine groups is 1. The monoisotopic (exact) mass is 465 g/mol. The van der Waals surface area contributed by atoms with Gasteiger partial charge in [-0.25, -0.2) is 9.98 Å². The molecule has 0 aliphatic heterocycles. The van der Waals surface area contributed by atoms with E-state index in [0.717, 1.165) is 24.8 Å². The van der Waals surface area contributed by atoms with Crippen molar-refractivity contribution in [1.82, 2.24) is 20.2 Å². The summed E-state index contributed by atoms with van der Waals surface area (Å²) in [5.74, 6) is 1.66. The van der Waals surface area contributed by atoms with Crippen molar-refractivity contribution in [2.24, 2.45) is 4.99 Å². The standard InChI is InChI=1S/C19H23N5O.HI/c1-2-21-19(23-13-18-7-4-10-25-18)22-12-16-5-3-6-17(11-16)14-24-9-8-20-15-24;/h3-11,15H,2,12-14H2,1H3,(H2,21,22,23);1H. The molecule has 3 rings (SSSR count). The van der Waals surface area contributed by atoms with Crippen LogP contribution in [0.25, 0.3) is 0 Å². The third-order valence-corrected chi connectivity index (χ3v) is 3.69. The lowest BCUT2D eigenvalue weighted by Crippen LogP contribution is -2.36. The predicted octanol–water partition coefficient (Wildman–Crippen LogP) is 3.40. The van der Waals surface area contributed by atoms with Crippen molar-refractivity contribution in [3.8, 4) is 0 Å². The number of imidazole rings is 1. The Morgan fingerprint density at radius 3 is 2.81 bits per heavy atom. The van der Waals surface area contributed by atoms with Crippen molar-refractivity contribution in [1.29, 1.82) is 0 Å². The highest BCUT2D eigenvalue weighted by Gasteiger charge is 2.01. The molecule has 1 aromatic carbocycles. The summed E-state index contributed by atoms with van der Waals surface area (Å²) in [6.07, 6.45) is 7.26. The van der Waals surface area contributed by atoms with Gasteiger partial charge in [0.05, 0.1) is 25.7 Å². The minimum absolute atomic E-state index is 0. The average Bonchev–Trinajstić information content (AvgIpc) is 3.31. The molecule has 6 nitrogen and oxygen atoms in total. The van der Waals surface area contributed by atoms with E-state index in [4.69, 9.17) is 4.42 Å². The lowest BCUT2D eigenvalue weighted by atomic mass is 10.1. The van der Waals surface area contributed by atoms with Gasteiger partial charge in [-0.15, -0.1) is 24.0 Å². The van der Waals surface area contributed by atoms with Crippen LogP contribution >= 0.6 is 24.0 Å². The number of hydrogen-bond acceptors (Lipinski definition) is 3. The van der Waals surface area contributed by atoms with E-state index in [1.165, 1.54) is 11.1 Å². The summed E-state index contributed by atoms with van der Waals surface area (Å²) >= 11 is 0. The van der Waals surface area contributed by atoms with E-state index in [2.05, 4.69) is 56.4 Å². The quantitative estimate of drug-likeness (QED) is 0.319. The summed E-state index contributed by atoms with van der Waals surface area (Å²) in [4.78, 5) is 8.73. The number of furan rings is 1. The van der Waals surface area contributed by atoms with Gasteiger partial charge in [-0.2, -0.15) is 0 Å². The third kappa shape index (κ3) is 6.21. The molecule has 3 aromatic rings. The van der Waals surface area contributed by atoms with Crippen molar-refractivity contribution in [3.63, 3.8) is 0 Å². The Morgan fingerprint density at radius 1 is 1.19 bits per heavy atom. The predicted molar refractivity (Wildman–Crippen MR) is 114 cm³/mol. The first-order valence-electron chi connectivity index (χ1n) is 8.41. The van der Waals surface area contributed by atoms with Gasteiger partial charge in [0.25, 0.3) is 0 Å². The fraction of sp³-hybridized carbons (Fsp3) is 0.263. The van der Waals surface area contributed by atoms with Gasteiger partial charge in [0.15, 0.2) is 5.96 Å². The fourth-order valence-corrected chi connectivity index (χ4v) is 2.51. The van der Waals surface area contributed by atoms with Crippen molar-refractivity contribution >= 4 is 29.9 Å². The lowest BCUT2D eigenvalue weighted by molar-refractivity contribution is 0.501. The molecular weight excluding hydrogens is 441 g/mol. The maximum absolute atomic E-state index is 5.34. The van der Waals surface area contributed by atoms with Gasteiger partial charge >= 0.3 is 0 Å². The van der Waals surface area contributed by atoms with E-state index in [-0.39, 0.29) is 24.0 Å². The van der Waals surface area contributed by atoms with Crippen LogP contribution in [-0.4, -0.2) is 22.1 Å². The average molecular weight is 465 g/mol. The van der Waals surface area contributed by atoms with Gasteiger partial charge in [-0.1, -0.05) is 24.3 Å². The van der Waals surface area contributed by atoms with E-state index in [9.17, 15) is 0 Å². The van der Waals surface area contributed by atoms with Crippen molar-refractivity contribution < 1.29 is 4.42 Å². The number of aliphatic imine (C=N–C) groups is 1. The lowest BCUT2D eigenvalue weighted by Gasteiger charge is -2.10. The second-order valence-corrected chi connectivity index (χ2v) is 5.68. The van der Waals surface area contributed by atoms with Gasteiger partial charge in [-0.3, -0.25) is 0 Å². The Labute approximate surface area is 170 Å². The van der Waals surface area contributed by atoms with Gasteiger partial charge < -0.3 is 19.6 Å². The molecule has 2 aromatic heterocycles. The van der Waals surface area contributed by atoms with Gasteiger partial charge in [0.2, 0.25) is 0 Å². The van der Waals surface area contributed by atoms with Crippen molar-refractivity contribution in [3.05, 3.63) is 78.3 Å². The Hall–Kier alpha value is -2.29. The molecule has 0 saturated carbocycles. The minimum Gasteiger partial charge on any atom is -0.467 e. The summed E-state index contributed by atoms with van der Waals surface area (Å²) < 4.78 is 7.39. The first-order valence-corrected chi connectivity index (χ1v) is 8.41. The number of nitrogens with one attached hydrogen (secondary N) is 2. The molecule has 0 aliphatic rings. The molecule has 2 heterocycles. The van der Waals surface area contributed by atoms with E-state index < -0.39 is 0 Å². The van der Waals surface area contributed by atoms with Gasteiger partial charge in [0.1, 0.15) is 5.76 Å². The van der Waals surface area contributed by atoms with Gasteiger partial charge in [0, 0.05) is 25.5 Å². The summed E-state index contributed by atoms with van der Waals surface area (Å²) in [6, 6.07) is 12.3. The molecule has 0 spiro atoms. The summed E-state index contributed by atoms with van der Waals surface area (Å²) in [5.41, 5.74) is 2.41. The second-order valence-electron chi connectivity index (χ2n) is 5.68. The molecule has 7 heteroatoms. The molecule has 0 amide bonds. The minimum atomic E-state index is 0. The molecule has 0 fully saturated rings. The molecule has 0 aliphatic carbocycles. The Morgan fingerprint density at radius 2 is 2.08 bits per heavy atom. The normalized spacial score (nSPS) is 11.0. The topological polar surface area (TPSA) is 67.4 Å². The largest absolute Gasteiger partial charge is 0.467 e. The zero-order chi connectivity index (χ0) is 17.3. The van der Waals surface area contributed by atoms with E-state index in [1.807, 2.05) is 24.7 Å². The van der Waals surface area contributed by atoms with Crippen LogP contribution in [0.4, 0.5) is 0 Å². The van der Waals surface area contributed by atoms with E-state index in [1.54, 1.807) is 12.5 Å². The highest BCUT2D eigenvalue weighted by Crippen LogP contribution is 2.08. The third-order valence-electron chi connectivity index (χ3n) is 3.69. The molecule has 0 saturated heterocycles. The zero-order valence-electron chi connectivity index (χ0n) is 14.8. The molecule has 2 N–H and O–H groups in total. The van der Waals surface area contributed by atoms with E-state index in [0.29, 0.717) is 13.1 Å². The number of aromatic nitrogens is 2. The number of halogens is 1. The molecule has 0 bridgehead atoms. The Bertz CT molecular complexity index is 784. The summed E-state index contributed by atoms with van der Waals surface area (Å²) in [7, 11) is 0. The zero-order valence-corrected chi connectivity index (χ0v) is 17.1. The SMILES string of the molecule is CCNC(=NCc1cccc(Cn2ccnc2)c1)NCc1ccco1.I. The molecule has 0 atom stereocenters. The summed E-state index contributed by atoms with van der Waals surface area (Å²) in [5, 5.41) is 6.53. The Balaban J connectivity index is 0.00000243. The van der Waals surface area contributed by atoms with Crippen LogP contribution in [0, 0.1) is 0 Å². The molecule has 0 unspecified atom stereocenters. The highest BCUT2D eigenvalue weighted by molar-refractivity contribution is 14.0. The van der Waals surface area contributed by atoms with Crippen LogP contribution in [-0.2, 0) is 19.6 Å². The Kier molecular flexibility index (Phi) is 8.20. The van der Waals surface area contributed by atoms with Crippen LogP contribution in [0.3, 0.4) is 0 Å². The van der Waals surface area contributed by atoms with Crippen molar-refractivity contribution in [2.75, 3.05) is 6.54 Å². The number of nitrogens with zero attached hydrogens (tertiary/aromatic N) is 3. The smallest absolute Gasteiger partial charge is 0.191 e. The van der Waals surface area contributed by atoms with Crippen LogP contribution in [0.5, 0.6) is 0 Å². The maximum atomic E-state index is 5.34. The van der Waals surface area contributed by atoms with Crippen molar-refractivity contribution in [2.45, 2.75) is 26.6 Å². The first kappa shape index (κ1) is 20.0. The molecular formula is C19H24IN5O. The van der Waals surface area contributed by atoms with Gasteiger partial charge in [-0.05, 0) is 30.2 Å². The van der Waals surface area contributed by atoms with Crippen LogP contribution < -0.4 is 10.6 Å². The number of benzene rings is 1. The first-order chi connectivity index (χ1) is 12.3. The fourth-order valence-electron chi connectivity index (χ4n) is 2.51. The highest BCUT2D eigenvalue weighted by atomic mass is 127. The van der Waals surface area contributed by atoms with Crippen LogP contribution in [0.15, 0.2) is 70.8 Å². The molecule has 138 valence electrons. The van der Waals surface area contributed by atoms with E-state index >= 15 is 0 Å². The maximum Gasteiger partial charge on any atom is 0.191 e. The molecule has 0 radical (unpaired) electrons. The number of rotatable bonds is 7. The van der Waals surface area contributed by atoms with Crippen LogP contribution in [0.1, 0.15) is 23.8 Å².